The number of halogens is 2. The molecule has 0 saturated heterocycles. The maximum atomic E-state index is 14.0. The van der Waals surface area contributed by atoms with Crippen LogP contribution < -0.4 is 11.1 Å². The summed E-state index contributed by atoms with van der Waals surface area (Å²) >= 11 is 3.23. The van der Waals surface area contributed by atoms with Gasteiger partial charge in [-0.15, -0.1) is 0 Å². The Morgan fingerprint density at radius 1 is 1.13 bits per heavy atom. The van der Waals surface area contributed by atoms with Crippen LogP contribution in [0.15, 0.2) is 59.1 Å². The van der Waals surface area contributed by atoms with Crippen LogP contribution in [0.5, 0.6) is 0 Å². The van der Waals surface area contributed by atoms with E-state index >= 15 is 0 Å². The average Bonchev–Trinajstić information content (AvgIpc) is 2.51. The number of hydrogen-bond acceptors (Lipinski definition) is 2. The van der Waals surface area contributed by atoms with Gasteiger partial charge in [0.25, 0.3) is 5.91 Å². The summed E-state index contributed by atoms with van der Waals surface area (Å²) in [5, 5.41) is 5.35. The van der Waals surface area contributed by atoms with Crippen LogP contribution in [0.1, 0.15) is 15.9 Å². The smallest absolute Gasteiger partial charge is 0.253 e. The van der Waals surface area contributed by atoms with E-state index in [9.17, 15) is 9.18 Å². The van der Waals surface area contributed by atoms with Crippen molar-refractivity contribution >= 4 is 38.3 Å². The van der Waals surface area contributed by atoms with Gasteiger partial charge in [0, 0.05) is 11.0 Å². The van der Waals surface area contributed by atoms with E-state index in [0.29, 0.717) is 16.7 Å². The van der Waals surface area contributed by atoms with Gasteiger partial charge >= 0.3 is 0 Å². The molecular weight excluding hydrogens is 359 g/mol. The van der Waals surface area contributed by atoms with Crippen LogP contribution in [0.4, 0.5) is 10.1 Å². The first kappa shape index (κ1) is 15.5. The summed E-state index contributed by atoms with van der Waals surface area (Å²) in [7, 11) is 0. The van der Waals surface area contributed by atoms with Gasteiger partial charge in [0.15, 0.2) is 0 Å². The monoisotopic (exact) mass is 372 g/mol. The lowest BCUT2D eigenvalue weighted by Crippen LogP contribution is -2.16. The van der Waals surface area contributed by atoms with Crippen LogP contribution in [0.3, 0.4) is 0 Å². The van der Waals surface area contributed by atoms with E-state index in [2.05, 4.69) is 21.2 Å². The van der Waals surface area contributed by atoms with Gasteiger partial charge < -0.3 is 11.1 Å². The topological polar surface area (TPSA) is 55.1 Å². The van der Waals surface area contributed by atoms with E-state index in [1.165, 1.54) is 6.07 Å². The van der Waals surface area contributed by atoms with Crippen molar-refractivity contribution in [3.8, 4) is 0 Å². The molecule has 1 amide bonds. The van der Waals surface area contributed by atoms with Crippen LogP contribution >= 0.6 is 15.9 Å². The van der Waals surface area contributed by atoms with Crippen LogP contribution in [0, 0.1) is 5.82 Å². The average molecular weight is 373 g/mol. The van der Waals surface area contributed by atoms with Gasteiger partial charge in [-0.1, -0.05) is 58.4 Å². The molecule has 0 radical (unpaired) electrons. The standard InChI is InChI=1S/C18H14BrFN2O/c19-13-8-15(20)17(18(21)23)16(9-13)22-10-12-6-3-5-11-4-1-2-7-14(11)12/h1-9,22H,10H2,(H2,21,23). The molecule has 3 rings (SSSR count). The Morgan fingerprint density at radius 3 is 2.65 bits per heavy atom. The second-order valence-corrected chi connectivity index (χ2v) is 6.08. The molecular formula is C18H14BrFN2O. The van der Waals surface area contributed by atoms with E-state index in [4.69, 9.17) is 5.73 Å². The summed E-state index contributed by atoms with van der Waals surface area (Å²) in [6, 6.07) is 16.9. The molecule has 0 saturated carbocycles. The fraction of sp³-hybridized carbons (Fsp3) is 0.0556. The molecule has 3 aromatic carbocycles. The molecule has 23 heavy (non-hydrogen) atoms. The third kappa shape index (κ3) is 3.19. The first-order valence-corrected chi connectivity index (χ1v) is 7.85. The molecule has 0 aliphatic heterocycles. The molecule has 0 spiro atoms. The number of nitrogens with two attached hydrogens (primary N) is 1. The van der Waals surface area contributed by atoms with Crippen LogP contribution in [0.25, 0.3) is 10.8 Å². The summed E-state index contributed by atoms with van der Waals surface area (Å²) in [5.74, 6) is -1.44. The van der Waals surface area contributed by atoms with Crippen molar-refractivity contribution in [3.63, 3.8) is 0 Å². The third-order valence-corrected chi connectivity index (χ3v) is 4.11. The molecule has 0 aliphatic rings. The summed E-state index contributed by atoms with van der Waals surface area (Å²) in [4.78, 5) is 11.5. The van der Waals surface area contributed by atoms with Crippen LogP contribution in [-0.4, -0.2) is 5.91 Å². The molecule has 0 fully saturated rings. The highest BCUT2D eigenvalue weighted by Gasteiger charge is 2.15. The zero-order valence-electron chi connectivity index (χ0n) is 12.1. The highest BCUT2D eigenvalue weighted by Crippen LogP contribution is 2.26. The van der Waals surface area contributed by atoms with Crippen molar-refractivity contribution in [1.29, 1.82) is 0 Å². The first-order chi connectivity index (χ1) is 11.1. The highest BCUT2D eigenvalue weighted by atomic mass is 79.9. The number of anilines is 1. The van der Waals surface area contributed by atoms with Gasteiger partial charge in [-0.25, -0.2) is 4.39 Å². The van der Waals surface area contributed by atoms with Gasteiger partial charge in [0.2, 0.25) is 0 Å². The summed E-state index contributed by atoms with van der Waals surface area (Å²) in [5.41, 5.74) is 6.59. The molecule has 3 aromatic rings. The Labute approximate surface area is 141 Å². The molecule has 5 heteroatoms. The molecule has 116 valence electrons. The van der Waals surface area contributed by atoms with E-state index in [1.54, 1.807) is 6.07 Å². The van der Waals surface area contributed by atoms with Gasteiger partial charge in [-0.05, 0) is 28.5 Å². The zero-order valence-corrected chi connectivity index (χ0v) is 13.7. The van der Waals surface area contributed by atoms with Gasteiger partial charge in [0.1, 0.15) is 5.82 Å². The minimum atomic E-state index is -0.796. The lowest BCUT2D eigenvalue weighted by molar-refractivity contribution is 0.0997. The number of primary amides is 1. The van der Waals surface area contributed by atoms with Crippen LogP contribution in [0.2, 0.25) is 0 Å². The maximum Gasteiger partial charge on any atom is 0.253 e. The quantitative estimate of drug-likeness (QED) is 0.710. The van der Waals surface area contributed by atoms with Crippen molar-refractivity contribution in [2.24, 2.45) is 5.73 Å². The second kappa shape index (κ2) is 6.38. The zero-order chi connectivity index (χ0) is 16.4. The number of benzene rings is 3. The number of amides is 1. The molecule has 3 N–H and O–H groups in total. The number of nitrogens with one attached hydrogen (secondary N) is 1. The SMILES string of the molecule is NC(=O)c1c(F)cc(Br)cc1NCc1cccc2ccccc12. The van der Waals surface area contributed by atoms with Gasteiger partial charge in [-0.3, -0.25) is 4.79 Å². The first-order valence-electron chi connectivity index (χ1n) is 7.05. The molecule has 0 aromatic heterocycles. The van der Waals surface area contributed by atoms with Crippen molar-refractivity contribution in [1.82, 2.24) is 0 Å². The number of fused-ring (bicyclic) bond motifs is 1. The van der Waals surface area contributed by atoms with Gasteiger partial charge in [-0.2, -0.15) is 0 Å². The normalized spacial score (nSPS) is 10.7. The van der Waals surface area contributed by atoms with Crippen molar-refractivity contribution < 1.29 is 9.18 Å². The van der Waals surface area contributed by atoms with E-state index in [-0.39, 0.29) is 5.56 Å². The molecule has 0 atom stereocenters. The Balaban J connectivity index is 1.96. The number of rotatable bonds is 4. The predicted octanol–water partition coefficient (Wildman–Crippen LogP) is 4.45. The lowest BCUT2D eigenvalue weighted by atomic mass is 10.0. The number of carbonyl (C=O) groups excluding carboxylic acids is 1. The van der Waals surface area contributed by atoms with E-state index in [1.807, 2.05) is 42.5 Å². The molecule has 0 aliphatic carbocycles. The number of hydrogen-bond donors (Lipinski definition) is 2. The van der Waals surface area contributed by atoms with Crippen molar-refractivity contribution in [2.75, 3.05) is 5.32 Å². The largest absolute Gasteiger partial charge is 0.380 e. The summed E-state index contributed by atoms with van der Waals surface area (Å²) in [6.45, 7) is 0.456. The molecule has 3 nitrogen and oxygen atoms in total. The minimum Gasteiger partial charge on any atom is -0.380 e. The lowest BCUT2D eigenvalue weighted by Gasteiger charge is -2.13. The predicted molar refractivity (Wildman–Crippen MR) is 93.9 cm³/mol. The van der Waals surface area contributed by atoms with Gasteiger partial charge in [0.05, 0.1) is 11.3 Å². The second-order valence-electron chi connectivity index (χ2n) is 5.17. The van der Waals surface area contributed by atoms with E-state index in [0.717, 1.165) is 16.3 Å². The highest BCUT2D eigenvalue weighted by molar-refractivity contribution is 9.10. The van der Waals surface area contributed by atoms with Crippen molar-refractivity contribution in [3.05, 3.63) is 76.0 Å². The summed E-state index contributed by atoms with van der Waals surface area (Å²) in [6.07, 6.45) is 0. The Bertz CT molecular complexity index is 890. The Kier molecular flexibility index (Phi) is 4.30. The minimum absolute atomic E-state index is 0.131. The fourth-order valence-electron chi connectivity index (χ4n) is 2.60. The van der Waals surface area contributed by atoms with E-state index < -0.39 is 11.7 Å². The number of carbonyl (C=O) groups is 1. The van der Waals surface area contributed by atoms with Crippen LogP contribution in [-0.2, 0) is 6.54 Å². The molecule has 0 unspecified atom stereocenters. The fourth-order valence-corrected chi connectivity index (χ4v) is 3.03. The molecule has 0 heterocycles. The Hall–Kier alpha value is -2.40. The third-order valence-electron chi connectivity index (χ3n) is 3.65. The maximum absolute atomic E-state index is 14.0. The summed E-state index contributed by atoms with van der Waals surface area (Å²) < 4.78 is 14.5. The van der Waals surface area contributed by atoms with Crippen molar-refractivity contribution in [2.45, 2.75) is 6.54 Å². The molecule has 0 bridgehead atoms. The Morgan fingerprint density at radius 2 is 1.87 bits per heavy atom.